The van der Waals surface area contributed by atoms with Crippen LogP contribution in [0.2, 0.25) is 0 Å². The van der Waals surface area contributed by atoms with E-state index < -0.39 is 6.10 Å². The van der Waals surface area contributed by atoms with Crippen molar-refractivity contribution in [2.75, 3.05) is 33.9 Å². The summed E-state index contributed by atoms with van der Waals surface area (Å²) in [6.45, 7) is 2.06. The van der Waals surface area contributed by atoms with E-state index in [-0.39, 0.29) is 25.7 Å². The van der Waals surface area contributed by atoms with Crippen LogP contribution in [-0.4, -0.2) is 61.0 Å². The number of amides is 1. The molecule has 1 rings (SSSR count). The molecule has 0 heterocycles. The maximum atomic E-state index is 12.3. The van der Waals surface area contributed by atoms with Crippen molar-refractivity contribution in [2.24, 2.45) is 0 Å². The Bertz CT molecular complexity index is 545. The minimum atomic E-state index is -0.709. The number of likely N-dealkylation sites (N-methyl/N-ethyl adjacent to an activating group) is 1. The van der Waals surface area contributed by atoms with Crippen LogP contribution in [0.3, 0.4) is 0 Å². The van der Waals surface area contributed by atoms with E-state index in [0.717, 1.165) is 11.1 Å². The first-order chi connectivity index (χ1) is 9.99. The number of carbonyl (C=O) groups excluding carboxylic acids is 1. The predicted octanol–water partition coefficient (Wildman–Crippen LogP) is 0.418. The fraction of sp³-hybridized carbons (Fsp3) is 0.438. The SMILES string of the molecule is COCC(O)CN(C)C(=O)c1ccc(C#CCO)c(C)c1. The second-order valence-corrected chi connectivity index (χ2v) is 4.78. The third kappa shape index (κ3) is 5.20. The fourth-order valence-corrected chi connectivity index (χ4v) is 1.94. The molecule has 21 heavy (non-hydrogen) atoms. The molecule has 0 bridgehead atoms. The minimum absolute atomic E-state index is 0.171. The highest BCUT2D eigenvalue weighted by molar-refractivity contribution is 5.94. The lowest BCUT2D eigenvalue weighted by Gasteiger charge is -2.20. The zero-order chi connectivity index (χ0) is 15.8. The average Bonchev–Trinajstić information content (AvgIpc) is 2.45. The molecule has 1 amide bonds. The van der Waals surface area contributed by atoms with Crippen LogP contribution in [0.5, 0.6) is 0 Å². The van der Waals surface area contributed by atoms with Gasteiger partial charge in [0.2, 0.25) is 0 Å². The molecule has 1 unspecified atom stereocenters. The first-order valence-corrected chi connectivity index (χ1v) is 6.62. The van der Waals surface area contributed by atoms with E-state index in [1.165, 1.54) is 12.0 Å². The number of nitrogens with zero attached hydrogens (tertiary/aromatic N) is 1. The van der Waals surface area contributed by atoms with E-state index >= 15 is 0 Å². The number of methoxy groups -OCH3 is 1. The molecule has 0 aliphatic carbocycles. The van der Waals surface area contributed by atoms with Crippen molar-refractivity contribution in [3.05, 3.63) is 34.9 Å². The lowest BCUT2D eigenvalue weighted by Crippen LogP contribution is -2.36. The maximum Gasteiger partial charge on any atom is 0.253 e. The highest BCUT2D eigenvalue weighted by Gasteiger charge is 2.16. The van der Waals surface area contributed by atoms with Gasteiger partial charge in [-0.3, -0.25) is 4.79 Å². The zero-order valence-corrected chi connectivity index (χ0v) is 12.6. The number of carbonyl (C=O) groups is 1. The standard InChI is InChI=1S/C16H21NO4/c1-12-9-14(7-6-13(12)5-4-8-18)16(20)17(2)10-15(19)11-21-3/h6-7,9,15,18-19H,8,10-11H2,1-3H3. The maximum absolute atomic E-state index is 12.3. The summed E-state index contributed by atoms with van der Waals surface area (Å²) >= 11 is 0. The van der Waals surface area contributed by atoms with Crippen LogP contribution in [0.1, 0.15) is 21.5 Å². The smallest absolute Gasteiger partial charge is 0.253 e. The Morgan fingerprint density at radius 2 is 2.19 bits per heavy atom. The van der Waals surface area contributed by atoms with Crippen molar-refractivity contribution in [3.8, 4) is 11.8 Å². The fourth-order valence-electron chi connectivity index (χ4n) is 1.94. The van der Waals surface area contributed by atoms with Crippen molar-refractivity contribution in [2.45, 2.75) is 13.0 Å². The molecule has 5 heteroatoms. The van der Waals surface area contributed by atoms with Gasteiger partial charge in [0.05, 0.1) is 12.7 Å². The molecule has 0 fully saturated rings. The monoisotopic (exact) mass is 291 g/mol. The first kappa shape index (κ1) is 17.2. The van der Waals surface area contributed by atoms with Crippen molar-refractivity contribution in [3.63, 3.8) is 0 Å². The third-order valence-electron chi connectivity index (χ3n) is 2.97. The molecule has 1 aromatic rings. The van der Waals surface area contributed by atoms with Gasteiger partial charge in [0.1, 0.15) is 6.61 Å². The van der Waals surface area contributed by atoms with Crippen LogP contribution in [0.15, 0.2) is 18.2 Å². The van der Waals surface area contributed by atoms with Gasteiger partial charge in [0, 0.05) is 31.8 Å². The van der Waals surface area contributed by atoms with E-state index in [0.29, 0.717) is 5.56 Å². The van der Waals surface area contributed by atoms with Gasteiger partial charge in [0.25, 0.3) is 5.91 Å². The number of aliphatic hydroxyl groups excluding tert-OH is 2. The topological polar surface area (TPSA) is 70.0 Å². The van der Waals surface area contributed by atoms with Gasteiger partial charge in [0.15, 0.2) is 0 Å². The van der Waals surface area contributed by atoms with Crippen LogP contribution in [0, 0.1) is 18.8 Å². The van der Waals surface area contributed by atoms with Crippen molar-refractivity contribution in [1.82, 2.24) is 4.90 Å². The Kier molecular flexibility index (Phi) is 6.89. The van der Waals surface area contributed by atoms with Crippen molar-refractivity contribution in [1.29, 1.82) is 0 Å². The number of rotatable bonds is 5. The number of hydrogen-bond donors (Lipinski definition) is 2. The van der Waals surface area contributed by atoms with Crippen LogP contribution in [-0.2, 0) is 4.74 Å². The Morgan fingerprint density at radius 3 is 2.76 bits per heavy atom. The van der Waals surface area contributed by atoms with E-state index in [1.807, 2.05) is 6.92 Å². The Balaban J connectivity index is 2.81. The van der Waals surface area contributed by atoms with Crippen molar-refractivity contribution < 1.29 is 19.7 Å². The molecule has 1 atom stereocenters. The lowest BCUT2D eigenvalue weighted by atomic mass is 10.0. The van der Waals surface area contributed by atoms with Crippen molar-refractivity contribution >= 4 is 5.91 Å². The Hall–Kier alpha value is -1.87. The van der Waals surface area contributed by atoms with Gasteiger partial charge < -0.3 is 19.8 Å². The van der Waals surface area contributed by atoms with Crippen LogP contribution >= 0.6 is 0 Å². The molecule has 5 nitrogen and oxygen atoms in total. The Labute approximate surface area is 125 Å². The van der Waals surface area contributed by atoms with Crippen LogP contribution in [0.4, 0.5) is 0 Å². The molecule has 0 radical (unpaired) electrons. The molecule has 0 saturated heterocycles. The molecule has 0 aliphatic rings. The van der Waals surface area contributed by atoms with Gasteiger partial charge in [-0.2, -0.15) is 0 Å². The number of hydrogen-bond acceptors (Lipinski definition) is 4. The molecule has 0 aromatic heterocycles. The Morgan fingerprint density at radius 1 is 1.48 bits per heavy atom. The molecule has 0 spiro atoms. The summed E-state index contributed by atoms with van der Waals surface area (Å²) in [6.07, 6.45) is -0.709. The van der Waals surface area contributed by atoms with Crippen LogP contribution < -0.4 is 0 Å². The summed E-state index contributed by atoms with van der Waals surface area (Å²) < 4.78 is 4.84. The van der Waals surface area contributed by atoms with Gasteiger partial charge in [-0.05, 0) is 30.7 Å². The van der Waals surface area contributed by atoms with Crippen LogP contribution in [0.25, 0.3) is 0 Å². The van der Waals surface area contributed by atoms with E-state index in [2.05, 4.69) is 11.8 Å². The largest absolute Gasteiger partial charge is 0.389 e. The highest BCUT2D eigenvalue weighted by atomic mass is 16.5. The molecule has 1 aromatic carbocycles. The zero-order valence-electron chi connectivity index (χ0n) is 12.6. The lowest BCUT2D eigenvalue weighted by molar-refractivity contribution is 0.0380. The molecule has 0 aliphatic heterocycles. The average molecular weight is 291 g/mol. The number of ether oxygens (including phenoxy) is 1. The van der Waals surface area contributed by atoms with Gasteiger partial charge >= 0.3 is 0 Å². The first-order valence-electron chi connectivity index (χ1n) is 6.62. The van der Waals surface area contributed by atoms with Gasteiger partial charge in [-0.25, -0.2) is 0 Å². The predicted molar refractivity (Wildman–Crippen MR) is 80.0 cm³/mol. The third-order valence-corrected chi connectivity index (χ3v) is 2.97. The van der Waals surface area contributed by atoms with E-state index in [1.54, 1.807) is 25.2 Å². The summed E-state index contributed by atoms with van der Waals surface area (Å²) in [6, 6.07) is 5.20. The molecule has 114 valence electrons. The number of aliphatic hydroxyl groups is 2. The summed E-state index contributed by atoms with van der Waals surface area (Å²) in [5.74, 6) is 5.23. The van der Waals surface area contributed by atoms with Gasteiger partial charge in [-0.15, -0.1) is 0 Å². The quantitative estimate of drug-likeness (QED) is 0.771. The summed E-state index contributed by atoms with van der Waals surface area (Å²) in [5.41, 5.74) is 2.18. The summed E-state index contributed by atoms with van der Waals surface area (Å²) in [5, 5.41) is 18.3. The molecular weight excluding hydrogens is 270 g/mol. The number of aryl methyl sites for hydroxylation is 1. The number of benzene rings is 1. The minimum Gasteiger partial charge on any atom is -0.389 e. The van der Waals surface area contributed by atoms with Gasteiger partial charge in [-0.1, -0.05) is 11.8 Å². The highest BCUT2D eigenvalue weighted by Crippen LogP contribution is 2.12. The summed E-state index contributed by atoms with van der Waals surface area (Å²) in [4.78, 5) is 13.7. The van der Waals surface area contributed by atoms with E-state index in [9.17, 15) is 9.90 Å². The second kappa shape index (κ2) is 8.42. The molecular formula is C16H21NO4. The molecule has 2 N–H and O–H groups in total. The second-order valence-electron chi connectivity index (χ2n) is 4.78. The normalized spacial score (nSPS) is 11.5. The molecule has 0 saturated carbocycles. The van der Waals surface area contributed by atoms with E-state index in [4.69, 9.17) is 9.84 Å². The summed E-state index contributed by atoms with van der Waals surface area (Å²) in [7, 11) is 3.14.